The summed E-state index contributed by atoms with van der Waals surface area (Å²) in [6.07, 6.45) is 2.77. The second kappa shape index (κ2) is 7.45. The first-order chi connectivity index (χ1) is 12.1. The summed E-state index contributed by atoms with van der Waals surface area (Å²) in [7, 11) is 1.54. The van der Waals surface area contributed by atoms with Crippen LogP contribution in [0.2, 0.25) is 0 Å². The summed E-state index contributed by atoms with van der Waals surface area (Å²) in [5.41, 5.74) is 0.0189. The van der Waals surface area contributed by atoms with Crippen LogP contribution in [0, 0.1) is 17.2 Å². The Balaban J connectivity index is 1.99. The van der Waals surface area contributed by atoms with Gasteiger partial charge >= 0.3 is 0 Å². The van der Waals surface area contributed by atoms with E-state index in [0.717, 1.165) is 6.54 Å². The van der Waals surface area contributed by atoms with Gasteiger partial charge in [-0.1, -0.05) is 18.2 Å². The van der Waals surface area contributed by atoms with E-state index >= 15 is 0 Å². The van der Waals surface area contributed by atoms with Gasteiger partial charge in [-0.15, -0.1) is 0 Å². The average Bonchev–Trinajstić information content (AvgIpc) is 3.45. The number of carbonyl (C=O) groups is 1. The monoisotopic (exact) mass is 339 g/mol. The largest absolute Gasteiger partial charge is 0.354 e. The molecule has 130 valence electrons. The van der Waals surface area contributed by atoms with Gasteiger partial charge in [-0.2, -0.15) is 10.4 Å². The minimum Gasteiger partial charge on any atom is -0.354 e. The number of nitriles is 1. The maximum atomic E-state index is 12.8. The van der Waals surface area contributed by atoms with Crippen molar-refractivity contribution < 1.29 is 4.79 Å². The van der Waals surface area contributed by atoms with Gasteiger partial charge in [-0.05, 0) is 24.8 Å². The zero-order valence-electron chi connectivity index (χ0n) is 14.2. The number of rotatable bonds is 7. The number of nitrogens with one attached hydrogen (secondary N) is 1. The standard InChI is InChI=1S/C18H21N5O2/c1-20-17(24)16-14-5-2-3-6-15(14)18(25)23(21-16)12-22(10-4-9-19)11-13-7-8-13/h2-3,5-6,13H,4,7-8,10-12H2,1H3,(H,20,24). The quantitative estimate of drug-likeness (QED) is 0.822. The summed E-state index contributed by atoms with van der Waals surface area (Å²) in [5.74, 6) is 0.309. The zero-order valence-corrected chi connectivity index (χ0v) is 14.2. The number of hydrogen-bond donors (Lipinski definition) is 1. The molecular weight excluding hydrogens is 318 g/mol. The summed E-state index contributed by atoms with van der Waals surface area (Å²) in [5, 5.41) is 16.8. The molecule has 1 aliphatic carbocycles. The van der Waals surface area contributed by atoms with E-state index in [4.69, 9.17) is 5.26 Å². The van der Waals surface area contributed by atoms with Crippen molar-refractivity contribution in [2.24, 2.45) is 5.92 Å². The van der Waals surface area contributed by atoms with Crippen LogP contribution < -0.4 is 10.9 Å². The lowest BCUT2D eigenvalue weighted by molar-refractivity contribution is 0.0955. The molecule has 1 amide bonds. The lowest BCUT2D eigenvalue weighted by atomic mass is 10.1. The fraction of sp³-hybridized carbons (Fsp3) is 0.444. The predicted octanol–water partition coefficient (Wildman–Crippen LogP) is 1.34. The van der Waals surface area contributed by atoms with Gasteiger partial charge in [0.2, 0.25) is 0 Å². The average molecular weight is 339 g/mol. The van der Waals surface area contributed by atoms with E-state index in [-0.39, 0.29) is 23.8 Å². The molecule has 0 saturated heterocycles. The molecule has 0 unspecified atom stereocenters. The van der Waals surface area contributed by atoms with Crippen molar-refractivity contribution in [3.63, 3.8) is 0 Å². The maximum absolute atomic E-state index is 12.8. The van der Waals surface area contributed by atoms with Crippen molar-refractivity contribution >= 4 is 16.7 Å². The summed E-state index contributed by atoms with van der Waals surface area (Å²) < 4.78 is 1.34. The van der Waals surface area contributed by atoms with Crippen molar-refractivity contribution in [2.45, 2.75) is 25.9 Å². The van der Waals surface area contributed by atoms with E-state index < -0.39 is 0 Å². The Morgan fingerprint density at radius 2 is 2.12 bits per heavy atom. The van der Waals surface area contributed by atoms with Crippen molar-refractivity contribution in [3.05, 3.63) is 40.3 Å². The van der Waals surface area contributed by atoms with Crippen LogP contribution in [0.5, 0.6) is 0 Å². The van der Waals surface area contributed by atoms with Crippen LogP contribution in [-0.4, -0.2) is 40.7 Å². The maximum Gasteiger partial charge on any atom is 0.275 e. The predicted molar refractivity (Wildman–Crippen MR) is 93.9 cm³/mol. The van der Waals surface area contributed by atoms with Crippen molar-refractivity contribution in [1.82, 2.24) is 20.0 Å². The summed E-state index contributed by atoms with van der Waals surface area (Å²) in [6.45, 7) is 1.72. The van der Waals surface area contributed by atoms with E-state index in [1.165, 1.54) is 17.5 Å². The van der Waals surface area contributed by atoms with Gasteiger partial charge in [0.15, 0.2) is 5.69 Å². The summed E-state index contributed by atoms with van der Waals surface area (Å²) in [4.78, 5) is 27.0. The minimum absolute atomic E-state index is 0.221. The molecule has 1 aromatic carbocycles. The molecule has 0 atom stereocenters. The third-order valence-electron chi connectivity index (χ3n) is 4.40. The third kappa shape index (κ3) is 3.86. The normalized spacial score (nSPS) is 13.8. The van der Waals surface area contributed by atoms with E-state index in [0.29, 0.717) is 29.7 Å². The Labute approximate surface area is 145 Å². The highest BCUT2D eigenvalue weighted by molar-refractivity contribution is 6.04. The fourth-order valence-electron chi connectivity index (χ4n) is 2.90. The first kappa shape index (κ1) is 17.1. The molecule has 0 bridgehead atoms. The molecule has 0 spiro atoms. The van der Waals surface area contributed by atoms with Crippen LogP contribution in [0.4, 0.5) is 0 Å². The van der Waals surface area contributed by atoms with Gasteiger partial charge in [0.05, 0.1) is 18.1 Å². The van der Waals surface area contributed by atoms with E-state index in [9.17, 15) is 9.59 Å². The Kier molecular flexibility index (Phi) is 5.10. The molecule has 1 heterocycles. The summed E-state index contributed by atoms with van der Waals surface area (Å²) >= 11 is 0. The van der Waals surface area contributed by atoms with Gasteiger partial charge < -0.3 is 5.32 Å². The Bertz CT molecular complexity index is 879. The van der Waals surface area contributed by atoms with Gasteiger partial charge in [-0.3, -0.25) is 14.5 Å². The van der Waals surface area contributed by atoms with Crippen LogP contribution in [0.25, 0.3) is 10.8 Å². The van der Waals surface area contributed by atoms with Crippen LogP contribution >= 0.6 is 0 Å². The zero-order chi connectivity index (χ0) is 17.8. The van der Waals surface area contributed by atoms with Crippen molar-refractivity contribution in [2.75, 3.05) is 20.1 Å². The van der Waals surface area contributed by atoms with Crippen molar-refractivity contribution in [3.8, 4) is 6.07 Å². The van der Waals surface area contributed by atoms with Crippen LogP contribution in [-0.2, 0) is 6.67 Å². The van der Waals surface area contributed by atoms with Gasteiger partial charge in [0, 0.05) is 31.9 Å². The second-order valence-corrected chi connectivity index (χ2v) is 6.35. The highest BCUT2D eigenvalue weighted by Crippen LogP contribution is 2.29. The topological polar surface area (TPSA) is 91.0 Å². The highest BCUT2D eigenvalue weighted by atomic mass is 16.2. The molecule has 1 aromatic heterocycles. The number of hydrogen-bond acceptors (Lipinski definition) is 5. The number of aromatic nitrogens is 2. The SMILES string of the molecule is CNC(=O)c1nn(CN(CCC#N)CC2CC2)c(=O)c2ccccc12. The van der Waals surface area contributed by atoms with E-state index in [1.807, 2.05) is 0 Å². The second-order valence-electron chi connectivity index (χ2n) is 6.35. The molecule has 1 saturated carbocycles. The van der Waals surface area contributed by atoms with Crippen LogP contribution in [0.1, 0.15) is 29.8 Å². The van der Waals surface area contributed by atoms with Crippen LogP contribution in [0.3, 0.4) is 0 Å². The van der Waals surface area contributed by atoms with Gasteiger partial charge in [-0.25, -0.2) is 4.68 Å². The molecule has 25 heavy (non-hydrogen) atoms. The molecule has 7 heteroatoms. The smallest absolute Gasteiger partial charge is 0.275 e. The van der Waals surface area contributed by atoms with Gasteiger partial charge in [0.25, 0.3) is 11.5 Å². The van der Waals surface area contributed by atoms with Crippen LogP contribution in [0.15, 0.2) is 29.1 Å². The summed E-state index contributed by atoms with van der Waals surface area (Å²) in [6, 6.07) is 9.15. The fourth-order valence-corrected chi connectivity index (χ4v) is 2.90. The number of benzene rings is 1. The highest BCUT2D eigenvalue weighted by Gasteiger charge is 2.25. The first-order valence-electron chi connectivity index (χ1n) is 8.45. The number of carbonyl (C=O) groups excluding carboxylic acids is 1. The molecule has 1 N–H and O–H groups in total. The molecule has 2 aromatic rings. The lowest BCUT2D eigenvalue weighted by Crippen LogP contribution is -2.37. The lowest BCUT2D eigenvalue weighted by Gasteiger charge is -2.22. The molecule has 0 radical (unpaired) electrons. The number of fused-ring (bicyclic) bond motifs is 1. The third-order valence-corrected chi connectivity index (χ3v) is 4.40. The van der Waals surface area contributed by atoms with Crippen molar-refractivity contribution in [1.29, 1.82) is 5.26 Å². The molecule has 3 rings (SSSR count). The van der Waals surface area contributed by atoms with Gasteiger partial charge in [0.1, 0.15) is 0 Å². The first-order valence-corrected chi connectivity index (χ1v) is 8.45. The molecular formula is C18H21N5O2. The molecule has 7 nitrogen and oxygen atoms in total. The molecule has 1 aliphatic rings. The number of nitrogens with zero attached hydrogens (tertiary/aromatic N) is 4. The van der Waals surface area contributed by atoms with E-state index in [1.54, 1.807) is 31.3 Å². The molecule has 0 aliphatic heterocycles. The molecule has 1 fully saturated rings. The Morgan fingerprint density at radius 1 is 1.40 bits per heavy atom. The number of amides is 1. The minimum atomic E-state index is -0.323. The van der Waals surface area contributed by atoms with E-state index in [2.05, 4.69) is 21.4 Å². The Morgan fingerprint density at radius 3 is 2.76 bits per heavy atom. The Hall–Kier alpha value is -2.72.